The van der Waals surface area contributed by atoms with Crippen LogP contribution in [-0.2, 0) is 22.6 Å². The number of fused-ring (bicyclic) bond motifs is 1. The van der Waals surface area contributed by atoms with E-state index in [1.54, 1.807) is 4.90 Å². The van der Waals surface area contributed by atoms with E-state index in [4.69, 9.17) is 0 Å². The van der Waals surface area contributed by atoms with E-state index in [-0.39, 0.29) is 18.4 Å². The van der Waals surface area contributed by atoms with Crippen molar-refractivity contribution in [3.8, 4) is 0 Å². The molecule has 5 nitrogen and oxygen atoms in total. The molecule has 5 heteroatoms. The second-order valence-corrected chi connectivity index (χ2v) is 6.28. The van der Waals surface area contributed by atoms with Gasteiger partial charge in [0.05, 0.1) is 5.60 Å². The highest BCUT2D eigenvalue weighted by Crippen LogP contribution is 2.23. The van der Waals surface area contributed by atoms with E-state index < -0.39 is 11.6 Å². The molecule has 2 rings (SSSR count). The Morgan fingerprint density at radius 1 is 1.26 bits per heavy atom. The molecule has 1 aliphatic heterocycles. The van der Waals surface area contributed by atoms with Crippen molar-refractivity contribution in [3.63, 3.8) is 0 Å². The topological polar surface area (TPSA) is 69.6 Å². The summed E-state index contributed by atoms with van der Waals surface area (Å²) in [6.07, 6.45) is 1.67. The molecule has 1 atom stereocenters. The third-order valence-corrected chi connectivity index (χ3v) is 4.86. The van der Waals surface area contributed by atoms with Gasteiger partial charge in [0.25, 0.3) is 0 Å². The van der Waals surface area contributed by atoms with E-state index in [1.807, 2.05) is 38.1 Å². The standard InChI is InChI=1S/C18H26N2O3/c1-4-18(23,5-2)12-19-17(22)16-10-14-8-6-7-9-15(14)11-20(16)13(3)21/h6-9,16,23H,4-5,10-12H2,1-3H3,(H,19,22). The van der Waals surface area contributed by atoms with Crippen LogP contribution in [0.1, 0.15) is 44.7 Å². The number of nitrogens with one attached hydrogen (secondary N) is 1. The van der Waals surface area contributed by atoms with Gasteiger partial charge in [-0.3, -0.25) is 9.59 Å². The number of nitrogens with zero attached hydrogens (tertiary/aromatic N) is 1. The lowest BCUT2D eigenvalue weighted by molar-refractivity contribution is -0.140. The Morgan fingerprint density at radius 2 is 1.87 bits per heavy atom. The molecule has 1 aliphatic rings. The summed E-state index contributed by atoms with van der Waals surface area (Å²) in [5, 5.41) is 13.1. The van der Waals surface area contributed by atoms with Crippen LogP contribution in [0.3, 0.4) is 0 Å². The summed E-state index contributed by atoms with van der Waals surface area (Å²) in [6, 6.07) is 7.37. The zero-order chi connectivity index (χ0) is 17.0. The number of hydrogen-bond acceptors (Lipinski definition) is 3. The van der Waals surface area contributed by atoms with E-state index in [2.05, 4.69) is 5.32 Å². The Morgan fingerprint density at radius 3 is 2.43 bits per heavy atom. The second kappa shape index (κ2) is 7.13. The largest absolute Gasteiger partial charge is 0.388 e. The minimum absolute atomic E-state index is 0.110. The molecule has 1 heterocycles. The predicted molar refractivity (Wildman–Crippen MR) is 88.7 cm³/mol. The molecule has 126 valence electrons. The van der Waals surface area contributed by atoms with E-state index in [0.29, 0.717) is 25.8 Å². The van der Waals surface area contributed by atoms with Crippen molar-refractivity contribution in [1.82, 2.24) is 10.2 Å². The van der Waals surface area contributed by atoms with Crippen LogP contribution in [0.15, 0.2) is 24.3 Å². The molecule has 0 fully saturated rings. The summed E-state index contributed by atoms with van der Waals surface area (Å²) in [4.78, 5) is 26.1. The van der Waals surface area contributed by atoms with E-state index in [0.717, 1.165) is 11.1 Å². The molecule has 0 spiro atoms. The van der Waals surface area contributed by atoms with E-state index in [9.17, 15) is 14.7 Å². The molecule has 0 saturated heterocycles. The van der Waals surface area contributed by atoms with Gasteiger partial charge in [-0.2, -0.15) is 0 Å². The Bertz CT molecular complexity index is 581. The SMILES string of the molecule is CCC(O)(CC)CNC(=O)C1Cc2ccccc2CN1C(C)=O. The normalized spacial score (nSPS) is 17.6. The molecule has 0 bridgehead atoms. The van der Waals surface area contributed by atoms with Crippen molar-refractivity contribution in [2.24, 2.45) is 0 Å². The van der Waals surface area contributed by atoms with Crippen LogP contribution in [-0.4, -0.2) is 40.0 Å². The smallest absolute Gasteiger partial charge is 0.243 e. The monoisotopic (exact) mass is 318 g/mol. The maximum Gasteiger partial charge on any atom is 0.243 e. The fourth-order valence-corrected chi connectivity index (χ4v) is 2.96. The molecule has 0 aliphatic carbocycles. The second-order valence-electron chi connectivity index (χ2n) is 6.28. The number of carbonyl (C=O) groups is 2. The molecule has 1 unspecified atom stereocenters. The average Bonchev–Trinajstić information content (AvgIpc) is 2.58. The van der Waals surface area contributed by atoms with Crippen molar-refractivity contribution in [2.75, 3.05) is 6.54 Å². The zero-order valence-electron chi connectivity index (χ0n) is 14.1. The van der Waals surface area contributed by atoms with Gasteiger partial charge in [0.1, 0.15) is 6.04 Å². The summed E-state index contributed by atoms with van der Waals surface area (Å²) < 4.78 is 0. The van der Waals surface area contributed by atoms with Crippen LogP contribution in [0.4, 0.5) is 0 Å². The van der Waals surface area contributed by atoms with Crippen molar-refractivity contribution in [3.05, 3.63) is 35.4 Å². The number of benzene rings is 1. The molecule has 23 heavy (non-hydrogen) atoms. The Labute approximate surface area is 137 Å². The first-order valence-electron chi connectivity index (χ1n) is 8.24. The van der Waals surface area contributed by atoms with Gasteiger partial charge in [0, 0.05) is 26.4 Å². The maximum atomic E-state index is 12.6. The van der Waals surface area contributed by atoms with Crippen molar-refractivity contribution in [2.45, 2.75) is 58.2 Å². The third kappa shape index (κ3) is 3.91. The molecule has 1 aromatic carbocycles. The Hall–Kier alpha value is -1.88. The van der Waals surface area contributed by atoms with Gasteiger partial charge < -0.3 is 15.3 Å². The van der Waals surface area contributed by atoms with Gasteiger partial charge >= 0.3 is 0 Å². The summed E-state index contributed by atoms with van der Waals surface area (Å²) in [5.74, 6) is -0.309. The lowest BCUT2D eigenvalue weighted by Gasteiger charge is -2.36. The first kappa shape index (κ1) is 17.5. The first-order valence-corrected chi connectivity index (χ1v) is 8.24. The summed E-state index contributed by atoms with van der Waals surface area (Å²) >= 11 is 0. The van der Waals surface area contributed by atoms with Crippen LogP contribution < -0.4 is 5.32 Å². The highest BCUT2D eigenvalue weighted by atomic mass is 16.3. The highest BCUT2D eigenvalue weighted by molar-refractivity contribution is 5.87. The summed E-state index contributed by atoms with van der Waals surface area (Å²) in [7, 11) is 0. The fourth-order valence-electron chi connectivity index (χ4n) is 2.96. The molecule has 2 amide bonds. The van der Waals surface area contributed by atoms with Gasteiger partial charge in [0.2, 0.25) is 11.8 Å². The van der Waals surface area contributed by atoms with Crippen molar-refractivity contribution in [1.29, 1.82) is 0 Å². The van der Waals surface area contributed by atoms with Gasteiger partial charge in [-0.1, -0.05) is 38.1 Å². The van der Waals surface area contributed by atoms with Gasteiger partial charge in [-0.15, -0.1) is 0 Å². The lowest BCUT2D eigenvalue weighted by Crippen LogP contribution is -2.54. The van der Waals surface area contributed by atoms with Gasteiger partial charge in [-0.25, -0.2) is 0 Å². The summed E-state index contributed by atoms with van der Waals surface area (Å²) in [5.41, 5.74) is 1.31. The van der Waals surface area contributed by atoms with E-state index in [1.165, 1.54) is 6.92 Å². The number of carbonyl (C=O) groups excluding carboxylic acids is 2. The molecule has 0 radical (unpaired) electrons. The molecule has 0 saturated carbocycles. The molecule has 2 N–H and O–H groups in total. The molecule has 1 aromatic rings. The summed E-state index contributed by atoms with van der Waals surface area (Å²) in [6.45, 7) is 5.95. The number of rotatable bonds is 5. The van der Waals surface area contributed by atoms with Crippen LogP contribution in [0.2, 0.25) is 0 Å². The average molecular weight is 318 g/mol. The van der Waals surface area contributed by atoms with Crippen LogP contribution in [0.25, 0.3) is 0 Å². The lowest BCUT2D eigenvalue weighted by atomic mass is 9.92. The zero-order valence-corrected chi connectivity index (χ0v) is 14.1. The highest BCUT2D eigenvalue weighted by Gasteiger charge is 2.34. The first-order chi connectivity index (χ1) is 10.9. The minimum Gasteiger partial charge on any atom is -0.388 e. The van der Waals surface area contributed by atoms with Gasteiger partial charge in [-0.05, 0) is 24.0 Å². The van der Waals surface area contributed by atoms with E-state index >= 15 is 0 Å². The van der Waals surface area contributed by atoms with Crippen LogP contribution in [0.5, 0.6) is 0 Å². The molecular formula is C18H26N2O3. The maximum absolute atomic E-state index is 12.6. The van der Waals surface area contributed by atoms with Crippen molar-refractivity contribution < 1.29 is 14.7 Å². The third-order valence-electron chi connectivity index (χ3n) is 4.86. The molecular weight excluding hydrogens is 292 g/mol. The Kier molecular flexibility index (Phi) is 5.42. The van der Waals surface area contributed by atoms with Crippen molar-refractivity contribution >= 4 is 11.8 Å². The molecule has 0 aromatic heterocycles. The minimum atomic E-state index is -0.886. The predicted octanol–water partition coefficient (Wildman–Crippen LogP) is 1.63. The van der Waals surface area contributed by atoms with Gasteiger partial charge in [0.15, 0.2) is 0 Å². The fraction of sp³-hybridized carbons (Fsp3) is 0.556. The Balaban J connectivity index is 2.13. The number of amides is 2. The number of aliphatic hydroxyl groups is 1. The van der Waals surface area contributed by atoms with Crippen LogP contribution in [0, 0.1) is 0 Å². The van der Waals surface area contributed by atoms with Crippen LogP contribution >= 0.6 is 0 Å². The quantitative estimate of drug-likeness (QED) is 0.867. The number of hydrogen-bond donors (Lipinski definition) is 2.